The number of nitrogens with two attached hydrogens (primary N) is 1. The van der Waals surface area contributed by atoms with Crippen molar-refractivity contribution >= 4 is 15.7 Å². The highest BCUT2D eigenvalue weighted by Crippen LogP contribution is 2.02. The van der Waals surface area contributed by atoms with Crippen LogP contribution < -0.4 is 11.1 Å². The zero-order valence-corrected chi connectivity index (χ0v) is 8.71. The summed E-state index contributed by atoms with van der Waals surface area (Å²) < 4.78 is 26.6. The highest BCUT2D eigenvalue weighted by Gasteiger charge is 2.26. The normalized spacial score (nSPS) is 27.6. The average molecular weight is 222 g/mol. The molecule has 1 amide bonds. The third-order valence-corrected chi connectivity index (χ3v) is 2.65. The third kappa shape index (κ3) is 3.60. The summed E-state index contributed by atoms with van der Waals surface area (Å²) in [7, 11) is -3.28. The number of carbonyl (C=O) groups is 1. The van der Waals surface area contributed by atoms with Gasteiger partial charge in [-0.15, -0.1) is 0 Å². The van der Waals surface area contributed by atoms with E-state index in [9.17, 15) is 13.2 Å². The van der Waals surface area contributed by atoms with E-state index < -0.39 is 21.5 Å². The molecular weight excluding hydrogens is 208 g/mol. The molecule has 1 heterocycles. The van der Waals surface area contributed by atoms with Gasteiger partial charge in [-0.05, 0) is 0 Å². The monoisotopic (exact) mass is 222 g/mol. The van der Waals surface area contributed by atoms with Gasteiger partial charge in [0, 0.05) is 6.26 Å². The van der Waals surface area contributed by atoms with Gasteiger partial charge in [0.2, 0.25) is 5.91 Å². The van der Waals surface area contributed by atoms with Crippen molar-refractivity contribution in [1.82, 2.24) is 5.32 Å². The first kappa shape index (κ1) is 11.4. The Kier molecular flexibility index (Phi) is 3.46. The number of rotatable bonds is 3. The van der Waals surface area contributed by atoms with E-state index in [0.717, 1.165) is 6.26 Å². The molecule has 0 spiro atoms. The van der Waals surface area contributed by atoms with Gasteiger partial charge < -0.3 is 15.8 Å². The number of hydrogen-bond acceptors (Lipinski definition) is 5. The Labute approximate surface area is 82.7 Å². The maximum absolute atomic E-state index is 11.2. The molecule has 1 fully saturated rings. The quantitative estimate of drug-likeness (QED) is 0.568. The predicted molar refractivity (Wildman–Crippen MR) is 50.4 cm³/mol. The van der Waals surface area contributed by atoms with Gasteiger partial charge in [-0.3, -0.25) is 4.79 Å². The molecule has 0 aromatic carbocycles. The van der Waals surface area contributed by atoms with Gasteiger partial charge in [0.1, 0.15) is 5.75 Å². The van der Waals surface area contributed by atoms with Crippen LogP contribution in [0.1, 0.15) is 0 Å². The number of hydrogen-bond donors (Lipinski definition) is 2. The van der Waals surface area contributed by atoms with Gasteiger partial charge in [-0.25, -0.2) is 8.42 Å². The molecule has 2 unspecified atom stereocenters. The van der Waals surface area contributed by atoms with Crippen LogP contribution in [0, 0.1) is 0 Å². The second kappa shape index (κ2) is 4.24. The van der Waals surface area contributed by atoms with Crippen LogP contribution in [-0.2, 0) is 19.4 Å². The first-order chi connectivity index (χ1) is 6.38. The molecule has 6 nitrogen and oxygen atoms in total. The molecular formula is C7H14N2O4S. The molecule has 82 valence electrons. The maximum atomic E-state index is 11.2. The lowest BCUT2D eigenvalue weighted by atomic mass is 10.2. The third-order valence-electron chi connectivity index (χ3n) is 1.86. The van der Waals surface area contributed by atoms with Gasteiger partial charge in [-0.1, -0.05) is 0 Å². The largest absolute Gasteiger partial charge is 0.378 e. The molecule has 1 saturated heterocycles. The fourth-order valence-electron chi connectivity index (χ4n) is 1.21. The summed E-state index contributed by atoms with van der Waals surface area (Å²) in [5.41, 5.74) is 5.60. The van der Waals surface area contributed by atoms with E-state index in [1.165, 1.54) is 0 Å². The van der Waals surface area contributed by atoms with Gasteiger partial charge in [0.15, 0.2) is 9.84 Å². The molecule has 1 rings (SSSR count). The SMILES string of the molecule is CS(=O)(=O)CC(=O)NC1COCC1N. The number of ether oxygens (including phenoxy) is 1. The molecule has 0 radical (unpaired) electrons. The van der Waals surface area contributed by atoms with Crippen molar-refractivity contribution < 1.29 is 17.9 Å². The number of carbonyl (C=O) groups excluding carboxylic acids is 1. The Hall–Kier alpha value is -0.660. The molecule has 1 aliphatic rings. The lowest BCUT2D eigenvalue weighted by Gasteiger charge is -2.14. The van der Waals surface area contributed by atoms with Gasteiger partial charge >= 0.3 is 0 Å². The van der Waals surface area contributed by atoms with Crippen molar-refractivity contribution in [3.05, 3.63) is 0 Å². The fourth-order valence-corrected chi connectivity index (χ4v) is 1.77. The highest BCUT2D eigenvalue weighted by atomic mass is 32.2. The number of sulfone groups is 1. The Morgan fingerprint density at radius 3 is 2.64 bits per heavy atom. The summed E-state index contributed by atoms with van der Waals surface area (Å²) in [6.07, 6.45) is 1.01. The lowest BCUT2D eigenvalue weighted by Crippen LogP contribution is -2.48. The van der Waals surface area contributed by atoms with Gasteiger partial charge in [0.05, 0.1) is 25.3 Å². The van der Waals surface area contributed by atoms with E-state index in [2.05, 4.69) is 5.32 Å². The molecule has 1 aliphatic heterocycles. The smallest absolute Gasteiger partial charge is 0.235 e. The molecule has 7 heteroatoms. The maximum Gasteiger partial charge on any atom is 0.235 e. The summed E-state index contributed by atoms with van der Waals surface area (Å²) in [4.78, 5) is 11.2. The summed E-state index contributed by atoms with van der Waals surface area (Å²) in [5.74, 6) is -1.03. The zero-order valence-electron chi connectivity index (χ0n) is 7.89. The van der Waals surface area contributed by atoms with Gasteiger partial charge in [0.25, 0.3) is 0 Å². The molecule has 0 aromatic rings. The van der Waals surface area contributed by atoms with Crippen molar-refractivity contribution in [3.63, 3.8) is 0 Å². The van der Waals surface area contributed by atoms with Gasteiger partial charge in [-0.2, -0.15) is 0 Å². The lowest BCUT2D eigenvalue weighted by molar-refractivity contribution is -0.119. The molecule has 0 aromatic heterocycles. The van der Waals surface area contributed by atoms with E-state index >= 15 is 0 Å². The van der Waals surface area contributed by atoms with E-state index in [0.29, 0.717) is 13.2 Å². The molecule has 2 atom stereocenters. The first-order valence-corrected chi connectivity index (χ1v) is 6.25. The molecule has 14 heavy (non-hydrogen) atoms. The second-order valence-corrected chi connectivity index (χ2v) is 5.59. The van der Waals surface area contributed by atoms with Crippen LogP contribution in [0.2, 0.25) is 0 Å². The molecule has 3 N–H and O–H groups in total. The van der Waals surface area contributed by atoms with Crippen molar-refractivity contribution in [2.24, 2.45) is 5.73 Å². The van der Waals surface area contributed by atoms with Crippen molar-refractivity contribution in [1.29, 1.82) is 0 Å². The zero-order chi connectivity index (χ0) is 10.8. The molecule has 0 bridgehead atoms. The van der Waals surface area contributed by atoms with Crippen molar-refractivity contribution in [3.8, 4) is 0 Å². The van der Waals surface area contributed by atoms with Crippen LogP contribution >= 0.6 is 0 Å². The van der Waals surface area contributed by atoms with Crippen LogP contribution in [0.3, 0.4) is 0 Å². The van der Waals surface area contributed by atoms with Crippen LogP contribution in [0.15, 0.2) is 0 Å². The van der Waals surface area contributed by atoms with E-state index in [1.54, 1.807) is 0 Å². The topological polar surface area (TPSA) is 98.5 Å². The summed E-state index contributed by atoms with van der Waals surface area (Å²) in [6.45, 7) is 0.737. The summed E-state index contributed by atoms with van der Waals surface area (Å²) in [5, 5.41) is 2.52. The van der Waals surface area contributed by atoms with Crippen LogP contribution in [0.4, 0.5) is 0 Å². The van der Waals surface area contributed by atoms with Crippen LogP contribution in [0.5, 0.6) is 0 Å². The number of nitrogens with one attached hydrogen (secondary N) is 1. The minimum absolute atomic E-state index is 0.251. The first-order valence-electron chi connectivity index (χ1n) is 4.19. The van der Waals surface area contributed by atoms with E-state index in [-0.39, 0.29) is 12.1 Å². The second-order valence-electron chi connectivity index (χ2n) is 3.45. The predicted octanol–water partition coefficient (Wildman–Crippen LogP) is -2.13. The van der Waals surface area contributed by atoms with Crippen molar-refractivity contribution in [2.45, 2.75) is 12.1 Å². The highest BCUT2D eigenvalue weighted by molar-refractivity contribution is 7.91. The Morgan fingerprint density at radius 2 is 2.21 bits per heavy atom. The average Bonchev–Trinajstić information content (AvgIpc) is 2.32. The minimum Gasteiger partial charge on any atom is -0.378 e. The van der Waals surface area contributed by atoms with Crippen LogP contribution in [-0.4, -0.2) is 51.6 Å². The minimum atomic E-state index is -3.28. The fraction of sp³-hybridized carbons (Fsp3) is 0.857. The Balaban J connectivity index is 2.41. The standard InChI is InChI=1S/C7H14N2O4S/c1-14(11,12)4-7(10)9-6-3-13-2-5(6)8/h5-6H,2-4,8H2,1H3,(H,9,10). The van der Waals surface area contributed by atoms with Crippen LogP contribution in [0.25, 0.3) is 0 Å². The summed E-state index contributed by atoms with van der Waals surface area (Å²) >= 11 is 0. The van der Waals surface area contributed by atoms with Crippen molar-refractivity contribution in [2.75, 3.05) is 25.2 Å². The molecule has 0 aliphatic carbocycles. The summed E-state index contributed by atoms with van der Waals surface area (Å²) in [6, 6.07) is -0.525. The number of amides is 1. The Morgan fingerprint density at radius 1 is 1.57 bits per heavy atom. The molecule has 0 saturated carbocycles. The van der Waals surface area contributed by atoms with E-state index in [4.69, 9.17) is 10.5 Å². The van der Waals surface area contributed by atoms with E-state index in [1.807, 2.05) is 0 Å². The Bertz CT molecular complexity index is 314.